The minimum Gasteiger partial charge on any atom is -0.382 e. The van der Waals surface area contributed by atoms with Gasteiger partial charge in [0.25, 0.3) is 0 Å². The summed E-state index contributed by atoms with van der Waals surface area (Å²) in [5, 5.41) is 12.0. The summed E-state index contributed by atoms with van der Waals surface area (Å²) in [6, 6.07) is 4.47. The van der Waals surface area contributed by atoms with Crippen LogP contribution in [-0.4, -0.2) is 6.04 Å². The molecule has 0 saturated heterocycles. The molecule has 1 N–H and O–H groups in total. The fourth-order valence-corrected chi connectivity index (χ4v) is 2.64. The lowest BCUT2D eigenvalue weighted by Gasteiger charge is -2.13. The Bertz CT molecular complexity index is 527. The van der Waals surface area contributed by atoms with Crippen LogP contribution in [0.1, 0.15) is 37.0 Å². The van der Waals surface area contributed by atoms with Crippen LogP contribution in [-0.2, 0) is 12.6 Å². The first-order chi connectivity index (χ1) is 8.82. The molecule has 1 aromatic rings. The Labute approximate surface area is 110 Å². The van der Waals surface area contributed by atoms with Crippen molar-refractivity contribution in [2.75, 3.05) is 5.32 Å². The fraction of sp³-hybridized carbons (Fsp3) is 0.500. The van der Waals surface area contributed by atoms with Gasteiger partial charge in [-0.3, -0.25) is 0 Å². The molecular formula is C14H15F3N2. The molecule has 102 valence electrons. The van der Waals surface area contributed by atoms with Crippen molar-refractivity contribution < 1.29 is 13.2 Å². The third-order valence-electron chi connectivity index (χ3n) is 3.28. The molecule has 2 nitrogen and oxygen atoms in total. The lowest BCUT2D eigenvalue weighted by molar-refractivity contribution is -0.138. The van der Waals surface area contributed by atoms with Crippen molar-refractivity contribution in [3.63, 3.8) is 0 Å². The largest absolute Gasteiger partial charge is 0.418 e. The topological polar surface area (TPSA) is 35.8 Å². The van der Waals surface area contributed by atoms with Crippen molar-refractivity contribution in [1.82, 2.24) is 0 Å². The third-order valence-corrected chi connectivity index (χ3v) is 3.28. The number of nitriles is 1. The van der Waals surface area contributed by atoms with Gasteiger partial charge in [-0.1, -0.05) is 13.8 Å². The van der Waals surface area contributed by atoms with Crippen LogP contribution in [0, 0.1) is 17.2 Å². The molecule has 1 heterocycles. The van der Waals surface area contributed by atoms with E-state index in [9.17, 15) is 13.2 Å². The Kier molecular flexibility index (Phi) is 3.44. The summed E-state index contributed by atoms with van der Waals surface area (Å²) in [5.74, 6) is 0.414. The summed E-state index contributed by atoms with van der Waals surface area (Å²) in [6.45, 7) is 4.08. The van der Waals surface area contributed by atoms with E-state index in [0.717, 1.165) is 6.42 Å². The average Bonchev–Trinajstić information content (AvgIpc) is 2.66. The number of hydrogen-bond acceptors (Lipinski definition) is 2. The van der Waals surface area contributed by atoms with Crippen molar-refractivity contribution in [2.45, 2.75) is 38.9 Å². The zero-order chi connectivity index (χ0) is 14.2. The molecule has 2 rings (SSSR count). The molecule has 1 aromatic carbocycles. The molecule has 0 spiro atoms. The van der Waals surface area contributed by atoms with Gasteiger partial charge >= 0.3 is 6.18 Å². The quantitative estimate of drug-likeness (QED) is 0.881. The van der Waals surface area contributed by atoms with Crippen LogP contribution in [0.2, 0.25) is 0 Å². The number of nitrogens with zero attached hydrogens (tertiary/aromatic N) is 1. The predicted octanol–water partition coefficient (Wildman–Crippen LogP) is 3.96. The van der Waals surface area contributed by atoms with Crippen LogP contribution in [0.3, 0.4) is 0 Å². The minimum absolute atomic E-state index is 0.0186. The van der Waals surface area contributed by atoms with E-state index in [1.807, 2.05) is 13.8 Å². The van der Waals surface area contributed by atoms with Crippen LogP contribution in [0.15, 0.2) is 12.1 Å². The predicted molar refractivity (Wildman–Crippen MR) is 66.7 cm³/mol. The summed E-state index contributed by atoms with van der Waals surface area (Å²) in [5.41, 5.74) is -0.321. The highest BCUT2D eigenvalue weighted by molar-refractivity contribution is 5.64. The van der Waals surface area contributed by atoms with Gasteiger partial charge in [-0.2, -0.15) is 18.4 Å². The van der Waals surface area contributed by atoms with Gasteiger partial charge in [-0.25, -0.2) is 0 Å². The van der Waals surface area contributed by atoms with Gasteiger partial charge in [0.15, 0.2) is 0 Å². The highest BCUT2D eigenvalue weighted by atomic mass is 19.4. The smallest absolute Gasteiger partial charge is 0.382 e. The Morgan fingerprint density at radius 2 is 2.11 bits per heavy atom. The third kappa shape index (κ3) is 2.67. The van der Waals surface area contributed by atoms with Crippen LogP contribution in [0.5, 0.6) is 0 Å². The summed E-state index contributed by atoms with van der Waals surface area (Å²) in [6.07, 6.45) is -3.34. The van der Waals surface area contributed by atoms with Crippen LogP contribution in [0.25, 0.3) is 0 Å². The van der Waals surface area contributed by atoms with Gasteiger partial charge in [0.2, 0.25) is 0 Å². The molecule has 1 aliphatic rings. The number of nitrogens with one attached hydrogen (secondary N) is 1. The molecule has 0 bridgehead atoms. The van der Waals surface area contributed by atoms with Gasteiger partial charge in [0.05, 0.1) is 17.2 Å². The van der Waals surface area contributed by atoms with Gasteiger partial charge in [-0.05, 0) is 36.5 Å². The molecule has 1 aliphatic heterocycles. The maximum Gasteiger partial charge on any atom is 0.418 e. The average molecular weight is 268 g/mol. The SMILES string of the molecule is CC(C)CC1Cc2c(ccc(C#N)c2C(F)(F)F)N1. The van der Waals surface area contributed by atoms with E-state index in [0.29, 0.717) is 18.0 Å². The second-order valence-corrected chi connectivity index (χ2v) is 5.30. The molecule has 19 heavy (non-hydrogen) atoms. The van der Waals surface area contributed by atoms with Crippen molar-refractivity contribution in [2.24, 2.45) is 5.92 Å². The molecule has 0 amide bonds. The first-order valence-electron chi connectivity index (χ1n) is 6.22. The van der Waals surface area contributed by atoms with E-state index < -0.39 is 11.7 Å². The van der Waals surface area contributed by atoms with E-state index in [4.69, 9.17) is 5.26 Å². The maximum absolute atomic E-state index is 13.1. The number of alkyl halides is 3. The van der Waals surface area contributed by atoms with E-state index in [1.54, 1.807) is 12.1 Å². The molecular weight excluding hydrogens is 253 g/mol. The fourth-order valence-electron chi connectivity index (χ4n) is 2.64. The molecule has 5 heteroatoms. The van der Waals surface area contributed by atoms with Gasteiger partial charge in [0.1, 0.15) is 0 Å². The number of halogens is 3. The molecule has 0 aliphatic carbocycles. The summed E-state index contributed by atoms with van der Waals surface area (Å²) < 4.78 is 39.3. The lowest BCUT2D eigenvalue weighted by atomic mass is 9.95. The molecule has 0 fully saturated rings. The van der Waals surface area contributed by atoms with Crippen molar-refractivity contribution in [3.8, 4) is 6.07 Å². The summed E-state index contributed by atoms with van der Waals surface area (Å²) in [7, 11) is 0. The molecule has 1 unspecified atom stereocenters. The summed E-state index contributed by atoms with van der Waals surface area (Å²) in [4.78, 5) is 0. The number of rotatable bonds is 2. The number of fused-ring (bicyclic) bond motifs is 1. The Balaban J connectivity index is 2.43. The van der Waals surface area contributed by atoms with Crippen molar-refractivity contribution >= 4 is 5.69 Å². The Morgan fingerprint density at radius 1 is 1.42 bits per heavy atom. The second-order valence-electron chi connectivity index (χ2n) is 5.30. The van der Waals surface area contributed by atoms with E-state index in [1.165, 1.54) is 6.07 Å². The Morgan fingerprint density at radius 3 is 2.63 bits per heavy atom. The standard InChI is InChI=1S/C14H15F3N2/c1-8(2)5-10-6-11-12(19-10)4-3-9(7-18)13(11)14(15,16)17/h3-4,8,10,19H,5-6H2,1-2H3. The van der Waals surface area contributed by atoms with E-state index in [2.05, 4.69) is 5.32 Å². The highest BCUT2D eigenvalue weighted by Crippen LogP contribution is 2.41. The Hall–Kier alpha value is -1.70. The van der Waals surface area contributed by atoms with Crippen molar-refractivity contribution in [3.05, 3.63) is 28.8 Å². The normalized spacial score (nSPS) is 18.1. The minimum atomic E-state index is -4.48. The van der Waals surface area contributed by atoms with Gasteiger partial charge in [0, 0.05) is 11.7 Å². The van der Waals surface area contributed by atoms with Gasteiger partial charge in [-0.15, -0.1) is 0 Å². The molecule has 0 aromatic heterocycles. The highest BCUT2D eigenvalue weighted by Gasteiger charge is 2.39. The first kappa shape index (κ1) is 13.7. The number of hydrogen-bond donors (Lipinski definition) is 1. The monoisotopic (exact) mass is 268 g/mol. The zero-order valence-corrected chi connectivity index (χ0v) is 10.8. The van der Waals surface area contributed by atoms with Crippen LogP contribution in [0.4, 0.5) is 18.9 Å². The van der Waals surface area contributed by atoms with E-state index >= 15 is 0 Å². The number of benzene rings is 1. The number of anilines is 1. The van der Waals surface area contributed by atoms with E-state index in [-0.39, 0.29) is 17.2 Å². The molecule has 1 atom stereocenters. The van der Waals surface area contributed by atoms with Crippen molar-refractivity contribution in [1.29, 1.82) is 5.26 Å². The second kappa shape index (κ2) is 4.76. The maximum atomic E-state index is 13.1. The lowest BCUT2D eigenvalue weighted by Crippen LogP contribution is -2.18. The van der Waals surface area contributed by atoms with Crippen LogP contribution < -0.4 is 5.32 Å². The van der Waals surface area contributed by atoms with Crippen LogP contribution >= 0.6 is 0 Å². The molecule has 0 saturated carbocycles. The zero-order valence-electron chi connectivity index (χ0n) is 10.8. The first-order valence-corrected chi connectivity index (χ1v) is 6.22. The van der Waals surface area contributed by atoms with Gasteiger partial charge < -0.3 is 5.32 Å². The molecule has 0 radical (unpaired) electrons. The summed E-state index contributed by atoms with van der Waals surface area (Å²) >= 11 is 0.